The van der Waals surface area contributed by atoms with E-state index in [9.17, 15) is 0 Å². The lowest BCUT2D eigenvalue weighted by molar-refractivity contribution is 0.715. The summed E-state index contributed by atoms with van der Waals surface area (Å²) in [5.41, 5.74) is 10.3. The predicted molar refractivity (Wildman–Crippen MR) is 58.5 cm³/mol. The molecular weight excluding hydrogens is 170 g/mol. The minimum atomic E-state index is 0.771. The largest absolute Gasteiger partial charge is 0.330 e. The first-order valence-corrected chi connectivity index (χ1v) is 5.71. The lowest BCUT2D eigenvalue weighted by Crippen LogP contribution is -2.04. The quantitative estimate of drug-likeness (QED) is 0.756. The van der Waals surface area contributed by atoms with Crippen molar-refractivity contribution in [2.75, 3.05) is 6.54 Å². The van der Waals surface area contributed by atoms with Gasteiger partial charge >= 0.3 is 0 Å². The van der Waals surface area contributed by atoms with Crippen LogP contribution >= 0.6 is 0 Å². The van der Waals surface area contributed by atoms with Gasteiger partial charge in [-0.3, -0.25) is 0 Å². The molecule has 1 aromatic carbocycles. The van der Waals surface area contributed by atoms with Crippen molar-refractivity contribution in [3.8, 4) is 0 Å². The van der Waals surface area contributed by atoms with Crippen molar-refractivity contribution in [3.63, 3.8) is 0 Å². The molecule has 0 radical (unpaired) electrons. The third-order valence-corrected chi connectivity index (χ3v) is 3.90. The van der Waals surface area contributed by atoms with Crippen molar-refractivity contribution < 1.29 is 0 Å². The van der Waals surface area contributed by atoms with Crippen LogP contribution in [-0.2, 0) is 6.42 Å². The molecule has 1 aromatic rings. The van der Waals surface area contributed by atoms with Crippen LogP contribution in [-0.4, -0.2) is 6.54 Å². The Morgan fingerprint density at radius 2 is 1.93 bits per heavy atom. The van der Waals surface area contributed by atoms with E-state index in [1.54, 1.807) is 11.1 Å². The molecule has 1 fully saturated rings. The third kappa shape index (κ3) is 1.12. The van der Waals surface area contributed by atoms with Gasteiger partial charge in [-0.15, -0.1) is 0 Å². The normalized spacial score (nSPS) is 28.1. The second kappa shape index (κ2) is 3.09. The van der Waals surface area contributed by atoms with E-state index in [4.69, 9.17) is 5.73 Å². The highest BCUT2D eigenvalue weighted by molar-refractivity contribution is 5.43. The van der Waals surface area contributed by atoms with Crippen LogP contribution in [0.2, 0.25) is 0 Å². The number of nitrogens with two attached hydrogens (primary N) is 1. The van der Waals surface area contributed by atoms with E-state index in [2.05, 4.69) is 18.2 Å². The molecule has 14 heavy (non-hydrogen) atoms. The molecule has 0 spiro atoms. The molecule has 1 heteroatoms. The van der Waals surface area contributed by atoms with Crippen LogP contribution in [0.15, 0.2) is 18.2 Å². The number of fused-ring (bicyclic) bond motifs is 5. The van der Waals surface area contributed by atoms with Gasteiger partial charge in [-0.1, -0.05) is 18.2 Å². The summed E-state index contributed by atoms with van der Waals surface area (Å²) >= 11 is 0. The van der Waals surface area contributed by atoms with Crippen LogP contribution < -0.4 is 5.73 Å². The molecular formula is C13H17N. The van der Waals surface area contributed by atoms with Crippen LogP contribution in [0.25, 0.3) is 0 Å². The predicted octanol–water partition coefficient (Wildman–Crippen LogP) is 2.55. The molecule has 2 aliphatic rings. The molecule has 0 saturated heterocycles. The summed E-state index contributed by atoms with van der Waals surface area (Å²) in [5, 5.41) is 0. The monoisotopic (exact) mass is 187 g/mol. The Kier molecular flexibility index (Phi) is 1.88. The maximum Gasteiger partial charge on any atom is -0.00367 e. The zero-order chi connectivity index (χ0) is 9.54. The van der Waals surface area contributed by atoms with Gasteiger partial charge in [0.25, 0.3) is 0 Å². The first-order valence-electron chi connectivity index (χ1n) is 5.71. The number of hydrogen-bond acceptors (Lipinski definition) is 1. The van der Waals surface area contributed by atoms with E-state index < -0.39 is 0 Å². The maximum absolute atomic E-state index is 5.58. The van der Waals surface area contributed by atoms with Crippen LogP contribution in [0.5, 0.6) is 0 Å². The fourth-order valence-electron chi connectivity index (χ4n) is 3.22. The SMILES string of the molecule is NCCc1ccc2c(c1)[C@H]1CC[C@H]2C1. The summed E-state index contributed by atoms with van der Waals surface area (Å²) in [6.07, 6.45) is 5.30. The molecule has 2 atom stereocenters. The molecule has 0 aliphatic heterocycles. The first-order chi connectivity index (χ1) is 6.88. The highest BCUT2D eigenvalue weighted by Crippen LogP contribution is 2.52. The van der Waals surface area contributed by atoms with E-state index in [1.165, 1.54) is 24.8 Å². The smallest absolute Gasteiger partial charge is 0.00367 e. The van der Waals surface area contributed by atoms with Crippen molar-refractivity contribution in [1.82, 2.24) is 0 Å². The fraction of sp³-hybridized carbons (Fsp3) is 0.538. The third-order valence-electron chi connectivity index (χ3n) is 3.90. The van der Waals surface area contributed by atoms with Gasteiger partial charge in [0, 0.05) is 0 Å². The van der Waals surface area contributed by atoms with Crippen molar-refractivity contribution in [3.05, 3.63) is 34.9 Å². The van der Waals surface area contributed by atoms with E-state index >= 15 is 0 Å². The summed E-state index contributed by atoms with van der Waals surface area (Å²) in [6.45, 7) is 0.771. The highest BCUT2D eigenvalue weighted by Gasteiger charge is 2.36. The van der Waals surface area contributed by atoms with Crippen molar-refractivity contribution in [2.24, 2.45) is 5.73 Å². The Hall–Kier alpha value is -0.820. The van der Waals surface area contributed by atoms with Gasteiger partial charge < -0.3 is 5.73 Å². The minimum absolute atomic E-state index is 0.771. The van der Waals surface area contributed by atoms with Crippen LogP contribution in [0.1, 0.15) is 47.8 Å². The molecule has 1 nitrogen and oxygen atoms in total. The maximum atomic E-state index is 5.58. The summed E-state index contributed by atoms with van der Waals surface area (Å²) in [4.78, 5) is 0. The minimum Gasteiger partial charge on any atom is -0.330 e. The van der Waals surface area contributed by atoms with E-state index in [-0.39, 0.29) is 0 Å². The van der Waals surface area contributed by atoms with E-state index in [1.807, 2.05) is 0 Å². The molecule has 2 N–H and O–H groups in total. The Morgan fingerprint density at radius 1 is 1.14 bits per heavy atom. The van der Waals surface area contributed by atoms with Gasteiger partial charge in [0.05, 0.1) is 0 Å². The van der Waals surface area contributed by atoms with Crippen LogP contribution in [0.3, 0.4) is 0 Å². The molecule has 0 amide bonds. The Bertz CT molecular complexity index is 356. The summed E-state index contributed by atoms with van der Waals surface area (Å²) in [6, 6.07) is 7.03. The van der Waals surface area contributed by atoms with Gasteiger partial charge in [-0.05, 0) is 60.8 Å². The fourth-order valence-corrected chi connectivity index (χ4v) is 3.22. The molecule has 3 rings (SSSR count). The molecule has 74 valence electrons. The average molecular weight is 187 g/mol. The summed E-state index contributed by atoms with van der Waals surface area (Å²) < 4.78 is 0. The Balaban J connectivity index is 2.00. The van der Waals surface area contributed by atoms with Gasteiger partial charge in [-0.25, -0.2) is 0 Å². The molecule has 0 unspecified atom stereocenters. The van der Waals surface area contributed by atoms with Crippen molar-refractivity contribution >= 4 is 0 Å². The Labute approximate surface area is 85.3 Å². The summed E-state index contributed by atoms with van der Waals surface area (Å²) in [5.74, 6) is 1.77. The zero-order valence-electron chi connectivity index (χ0n) is 8.50. The van der Waals surface area contributed by atoms with Gasteiger partial charge in [0.2, 0.25) is 0 Å². The van der Waals surface area contributed by atoms with Gasteiger partial charge in [-0.2, -0.15) is 0 Å². The highest BCUT2D eigenvalue weighted by atomic mass is 14.5. The first kappa shape index (κ1) is 8.49. The molecule has 2 aliphatic carbocycles. The topological polar surface area (TPSA) is 26.0 Å². The Morgan fingerprint density at radius 3 is 2.71 bits per heavy atom. The van der Waals surface area contributed by atoms with Crippen molar-refractivity contribution in [2.45, 2.75) is 37.5 Å². The lowest BCUT2D eigenvalue weighted by atomic mass is 9.90. The second-order valence-electron chi connectivity index (χ2n) is 4.71. The van der Waals surface area contributed by atoms with Gasteiger partial charge in [0.15, 0.2) is 0 Å². The van der Waals surface area contributed by atoms with Crippen LogP contribution in [0, 0.1) is 0 Å². The molecule has 1 saturated carbocycles. The van der Waals surface area contributed by atoms with E-state index in [0.717, 1.165) is 24.8 Å². The number of benzene rings is 1. The number of hydrogen-bond donors (Lipinski definition) is 1. The summed E-state index contributed by atoms with van der Waals surface area (Å²) in [7, 11) is 0. The molecule has 0 aromatic heterocycles. The van der Waals surface area contributed by atoms with Crippen LogP contribution in [0.4, 0.5) is 0 Å². The van der Waals surface area contributed by atoms with Gasteiger partial charge in [0.1, 0.15) is 0 Å². The molecule has 2 bridgehead atoms. The second-order valence-corrected chi connectivity index (χ2v) is 4.71. The average Bonchev–Trinajstić information content (AvgIpc) is 2.78. The zero-order valence-corrected chi connectivity index (χ0v) is 8.50. The number of rotatable bonds is 2. The standard InChI is InChI=1S/C13H17N/c14-6-5-9-1-4-12-10-2-3-11(8-10)13(12)7-9/h1,4,7,10-11H,2-3,5-6,8,14H2/t10-,11-/m0/s1. The lowest BCUT2D eigenvalue weighted by Gasteiger charge is -2.15. The molecule has 0 heterocycles. The van der Waals surface area contributed by atoms with E-state index in [0.29, 0.717) is 0 Å². The van der Waals surface area contributed by atoms with Crippen molar-refractivity contribution in [1.29, 1.82) is 0 Å².